The van der Waals surface area contributed by atoms with E-state index >= 15 is 4.39 Å². The molecule has 5 aliphatic heterocycles. The van der Waals surface area contributed by atoms with Crippen LogP contribution < -0.4 is 29.7 Å². The number of piperazine rings is 1. The van der Waals surface area contributed by atoms with Crippen LogP contribution >= 0.6 is 22.9 Å². The maximum Gasteiger partial charge on any atom is 0.319 e. The third-order valence-corrected chi connectivity index (χ3v) is 17.9. The summed E-state index contributed by atoms with van der Waals surface area (Å²) in [5.41, 5.74) is 8.44. The number of halogens is 2. The second kappa shape index (κ2) is 21.5. The van der Waals surface area contributed by atoms with Crippen molar-refractivity contribution in [2.45, 2.75) is 108 Å². The Kier molecular flexibility index (Phi) is 14.1. The number of rotatable bonds is 15. The third-order valence-electron chi connectivity index (χ3n) is 16.6. The smallest absolute Gasteiger partial charge is 0.319 e. The zero-order valence-corrected chi connectivity index (χ0v) is 46.5. The first-order chi connectivity index (χ1) is 39.3. The molecule has 0 radical (unpaired) electrons. The topological polar surface area (TPSA) is 240 Å². The van der Waals surface area contributed by atoms with Gasteiger partial charge in [0.05, 0.1) is 82.4 Å². The molecular weight excluding hydrogens is 1080 g/mol. The van der Waals surface area contributed by atoms with Crippen LogP contribution in [0.25, 0.3) is 54.6 Å². The highest BCUT2D eigenvalue weighted by molar-refractivity contribution is 7.13. The van der Waals surface area contributed by atoms with Gasteiger partial charge in [0.1, 0.15) is 54.2 Å². The number of β-amino-alcohol motifs (C(OH)–C–C–N with tert-alkyl or cyclic N) is 1. The van der Waals surface area contributed by atoms with E-state index in [0.717, 1.165) is 34.7 Å². The molecule has 0 saturated carbocycles. The molecule has 20 nitrogen and oxygen atoms in total. The Morgan fingerprint density at radius 2 is 1.83 bits per heavy atom. The minimum atomic E-state index is -0.992. The number of nitrogens with zero attached hydrogens (tertiary/aromatic N) is 9. The van der Waals surface area contributed by atoms with Crippen molar-refractivity contribution in [2.75, 3.05) is 44.4 Å². The molecule has 4 aromatic carbocycles. The van der Waals surface area contributed by atoms with Crippen LogP contribution in [0.2, 0.25) is 5.02 Å². The number of benzene rings is 4. The highest BCUT2D eigenvalue weighted by atomic mass is 35.5. The van der Waals surface area contributed by atoms with Crippen LogP contribution in [0.5, 0.6) is 17.5 Å². The van der Waals surface area contributed by atoms with E-state index in [1.165, 1.54) is 27.0 Å². The summed E-state index contributed by atoms with van der Waals surface area (Å²) < 4.78 is 43.6. The molecular formula is C58H60ClFN12O8S. The van der Waals surface area contributed by atoms with Gasteiger partial charge < -0.3 is 49.6 Å². The maximum atomic E-state index is 16.1. The van der Waals surface area contributed by atoms with Crippen molar-refractivity contribution in [3.05, 3.63) is 106 Å². The van der Waals surface area contributed by atoms with Gasteiger partial charge >= 0.3 is 6.01 Å². The second-order valence-corrected chi connectivity index (χ2v) is 23.2. The van der Waals surface area contributed by atoms with Crippen molar-refractivity contribution < 1.29 is 43.1 Å². The lowest BCUT2D eigenvalue weighted by Gasteiger charge is -2.35. The van der Waals surface area contributed by atoms with Gasteiger partial charge in [-0.2, -0.15) is 15.1 Å². The molecule has 81 heavy (non-hydrogen) atoms. The van der Waals surface area contributed by atoms with Gasteiger partial charge in [-0.25, -0.2) is 14.1 Å². The number of carbonyl (C=O) groups is 2. The third kappa shape index (κ3) is 9.57. The summed E-state index contributed by atoms with van der Waals surface area (Å²) >= 11 is 9.17. The Bertz CT molecular complexity index is 3700. The molecule has 0 aliphatic carbocycles. The van der Waals surface area contributed by atoms with E-state index in [1.54, 1.807) is 24.8 Å². The lowest BCUT2D eigenvalue weighted by molar-refractivity contribution is -0.142. The van der Waals surface area contributed by atoms with Gasteiger partial charge in [-0.1, -0.05) is 79.2 Å². The van der Waals surface area contributed by atoms with Crippen molar-refractivity contribution >= 4 is 62.4 Å². The molecule has 13 rings (SSSR count). The molecule has 2 bridgehead atoms. The molecule has 23 heteroatoms. The molecule has 4 aromatic heterocycles. The molecule has 5 aliphatic rings. The number of carbonyl (C=O) groups excluding carboxylic acids is 2. The number of likely N-dealkylation sites (tertiary alicyclic amines) is 1. The molecule has 2 amide bonds. The van der Waals surface area contributed by atoms with Gasteiger partial charge in [-0.3, -0.25) is 14.7 Å². The summed E-state index contributed by atoms with van der Waals surface area (Å²) in [4.78, 5) is 48.0. The van der Waals surface area contributed by atoms with Crippen molar-refractivity contribution in [2.24, 2.45) is 5.92 Å². The molecule has 7 atom stereocenters. The zero-order valence-electron chi connectivity index (χ0n) is 44.9. The first-order valence-corrected chi connectivity index (χ1v) is 28.7. The molecule has 8 aromatic rings. The quantitative estimate of drug-likeness (QED) is 0.0671. The summed E-state index contributed by atoms with van der Waals surface area (Å²) in [6.07, 6.45) is 4.55. The number of thiazole rings is 1. The van der Waals surface area contributed by atoms with Crippen molar-refractivity contribution in [3.8, 4) is 50.3 Å². The lowest BCUT2D eigenvalue weighted by Crippen LogP contribution is -2.53. The molecule has 0 unspecified atom stereocenters. The van der Waals surface area contributed by atoms with E-state index in [9.17, 15) is 19.8 Å². The highest BCUT2D eigenvalue weighted by Gasteiger charge is 2.50. The van der Waals surface area contributed by atoms with Gasteiger partial charge in [-0.05, 0) is 54.5 Å². The number of amides is 2. The van der Waals surface area contributed by atoms with Gasteiger partial charge in [0.2, 0.25) is 11.8 Å². The van der Waals surface area contributed by atoms with Crippen molar-refractivity contribution in [1.82, 2.24) is 55.7 Å². The van der Waals surface area contributed by atoms with Gasteiger partial charge in [-0.15, -0.1) is 16.4 Å². The van der Waals surface area contributed by atoms with Crippen LogP contribution in [0, 0.1) is 25.6 Å². The highest BCUT2D eigenvalue weighted by Crippen LogP contribution is 2.55. The number of anilines is 1. The first-order valence-electron chi connectivity index (χ1n) is 27.4. The normalized spacial score (nSPS) is 21.4. The fourth-order valence-corrected chi connectivity index (χ4v) is 13.6. The standard InChI is InChI=1S/C58H60ClFN12O8S/c1-28(2)51(57(76)70-22-36(74)18-44(70)56(75)64-43(24-73)33-9-11-34(12-10-33)54-30(4)62-27-81-54)71-23-42(68-69-71)32-7-5-31(6-8-32)25-78-53-47(46-29(3)39(60)19-40-38(46)21-63-67-40)49(59)52-48-50(53)65-58(80-37-13-15-77-16-14-37)66-55(48)72-35-17-41(61-20-35)45(72)26-79-52/h5-12,19,21,23,27-28,35-37,41,43-45,51,61,73-74H,13-18,20,22,24-26H2,1-4H3,(H,63,67)(H,64,75)/t35-,36+,41-,43-,44-,45+,51-/m0/s1. The molecule has 0 spiro atoms. The molecule has 4 saturated heterocycles. The number of aromatic amines is 1. The zero-order chi connectivity index (χ0) is 55.8. The van der Waals surface area contributed by atoms with Crippen LogP contribution in [0.1, 0.15) is 74.0 Å². The minimum Gasteiger partial charge on any atom is -0.489 e. The van der Waals surface area contributed by atoms with Crippen LogP contribution in [0.3, 0.4) is 0 Å². The Morgan fingerprint density at radius 3 is 2.58 bits per heavy atom. The van der Waals surface area contributed by atoms with Crippen LogP contribution in [0.4, 0.5) is 10.2 Å². The van der Waals surface area contributed by atoms with E-state index in [2.05, 4.69) is 41.0 Å². The Labute approximate surface area is 473 Å². The van der Waals surface area contributed by atoms with Gasteiger partial charge in [0.15, 0.2) is 11.5 Å². The van der Waals surface area contributed by atoms with E-state index in [4.69, 9.17) is 40.5 Å². The van der Waals surface area contributed by atoms with Gasteiger partial charge in [0, 0.05) is 66.5 Å². The lowest BCUT2D eigenvalue weighted by atomic mass is 9.93. The molecule has 9 heterocycles. The predicted molar refractivity (Wildman–Crippen MR) is 301 cm³/mol. The van der Waals surface area contributed by atoms with Crippen LogP contribution in [-0.2, 0) is 20.9 Å². The van der Waals surface area contributed by atoms with Crippen molar-refractivity contribution in [1.29, 1.82) is 0 Å². The molecule has 4 fully saturated rings. The Hall–Kier alpha value is -7.34. The number of ether oxygens (including phenoxy) is 4. The number of hydrogen-bond acceptors (Lipinski definition) is 17. The SMILES string of the molecule is Cc1ncsc1-c1ccc([C@H](CO)NC(=O)[C@@H]2C[C@@H](O)CN2C(=O)[C@H](C(C)C)n2cc(-c3ccc(COc4c(-c5c(C)c(F)cc6[nH]ncc56)c(Cl)c5c6c(nc(OC7CCOCC7)nc46)N4[C@@H]6CN[C@@H](C6)[C@H]4CO5)cc3)nn2)cc1. The minimum absolute atomic E-state index is 0.0316. The van der Waals surface area contributed by atoms with E-state index in [0.29, 0.717) is 105 Å². The number of hydrogen-bond donors (Lipinski definition) is 5. The maximum absolute atomic E-state index is 16.1. The summed E-state index contributed by atoms with van der Waals surface area (Å²) in [6, 6.07) is 14.4. The van der Waals surface area contributed by atoms with Crippen molar-refractivity contribution in [3.63, 3.8) is 0 Å². The fourth-order valence-electron chi connectivity index (χ4n) is 12.4. The summed E-state index contributed by atoms with van der Waals surface area (Å²) in [6.45, 7) is 9.26. The van der Waals surface area contributed by atoms with Crippen LogP contribution in [-0.4, -0.2) is 143 Å². The summed E-state index contributed by atoms with van der Waals surface area (Å²) in [5, 5.41) is 45.5. The van der Waals surface area contributed by atoms with Crippen LogP contribution in [0.15, 0.2) is 72.5 Å². The van der Waals surface area contributed by atoms with E-state index in [1.807, 2.05) is 69.3 Å². The Morgan fingerprint density at radius 1 is 1.04 bits per heavy atom. The predicted octanol–water partition coefficient (Wildman–Crippen LogP) is 7.42. The Balaban J connectivity index is 0.787. The summed E-state index contributed by atoms with van der Waals surface area (Å²) in [7, 11) is 0. The monoisotopic (exact) mass is 1140 g/mol. The average molecular weight is 1140 g/mol. The molecule has 5 N–H and O–H groups in total. The molecule has 420 valence electrons. The number of aryl methyl sites for hydroxylation is 1. The van der Waals surface area contributed by atoms with E-state index in [-0.39, 0.29) is 67.4 Å². The average Bonchev–Trinajstić information content (AvgIpc) is 4.57. The second-order valence-electron chi connectivity index (χ2n) is 22.0. The number of H-pyrrole nitrogens is 1. The number of aliphatic hydroxyl groups is 2. The number of aromatic nitrogens is 8. The first kappa shape index (κ1) is 53.0. The summed E-state index contributed by atoms with van der Waals surface area (Å²) in [5.74, 6) is -0.309. The van der Waals surface area contributed by atoms with E-state index < -0.39 is 41.9 Å². The largest absolute Gasteiger partial charge is 0.489 e. The fraction of sp³-hybridized carbons (Fsp3) is 0.414. The number of aliphatic hydroxyl groups excluding tert-OH is 2. The number of fused-ring (bicyclic) bond motifs is 7. The number of nitrogens with one attached hydrogen (secondary N) is 3. The van der Waals surface area contributed by atoms with Gasteiger partial charge in [0.25, 0.3) is 0 Å².